The predicted octanol–water partition coefficient (Wildman–Crippen LogP) is 7.27. The third kappa shape index (κ3) is 9.53. The predicted molar refractivity (Wildman–Crippen MR) is 169 cm³/mol. The molecule has 1 aromatic rings. The highest BCUT2D eigenvalue weighted by atomic mass is 28.4. The van der Waals surface area contributed by atoms with Crippen molar-refractivity contribution < 1.29 is 18.7 Å². The van der Waals surface area contributed by atoms with Gasteiger partial charge >= 0.3 is 6.09 Å². The molecule has 1 aliphatic carbocycles. The molecule has 3 unspecified atom stereocenters. The SMILES string of the molecule is CN(CCNCCc1cn(C2CCCCO2)nc1C1CCC(C)(C)C(O[Si](C)(C)C(C)(C)C)C1)C(=O)OC(C)(C)C. The van der Waals surface area contributed by atoms with Gasteiger partial charge in [-0.1, -0.05) is 34.6 Å². The summed E-state index contributed by atoms with van der Waals surface area (Å²) in [7, 11) is -0.114. The summed E-state index contributed by atoms with van der Waals surface area (Å²) < 4.78 is 20.8. The van der Waals surface area contributed by atoms with E-state index in [1.54, 1.807) is 11.9 Å². The first kappa shape index (κ1) is 34.1. The lowest BCUT2D eigenvalue weighted by atomic mass is 9.69. The highest BCUT2D eigenvalue weighted by Gasteiger charge is 2.46. The summed E-state index contributed by atoms with van der Waals surface area (Å²) in [5.41, 5.74) is 2.21. The minimum Gasteiger partial charge on any atom is -0.444 e. The number of hydrogen-bond acceptors (Lipinski definition) is 6. The monoisotopic (exact) mass is 592 g/mol. The van der Waals surface area contributed by atoms with Crippen LogP contribution in [-0.2, 0) is 20.3 Å². The molecular weight excluding hydrogens is 532 g/mol. The molecule has 1 aliphatic heterocycles. The first-order chi connectivity index (χ1) is 18.9. The van der Waals surface area contributed by atoms with Crippen LogP contribution in [0, 0.1) is 5.41 Å². The van der Waals surface area contributed by atoms with Crippen LogP contribution in [0.5, 0.6) is 0 Å². The first-order valence-corrected chi connectivity index (χ1v) is 18.8. The Bertz CT molecular complexity index is 989. The Morgan fingerprint density at radius 3 is 2.49 bits per heavy atom. The molecule has 0 bridgehead atoms. The van der Waals surface area contributed by atoms with Crippen LogP contribution in [0.1, 0.15) is 117 Å². The van der Waals surface area contributed by atoms with E-state index in [1.165, 1.54) is 17.7 Å². The fraction of sp³-hybridized carbons (Fsp3) is 0.875. The first-order valence-electron chi connectivity index (χ1n) is 15.9. The summed E-state index contributed by atoms with van der Waals surface area (Å²) >= 11 is 0. The van der Waals surface area contributed by atoms with Gasteiger partial charge in [-0.2, -0.15) is 5.10 Å². The lowest BCUT2D eigenvalue weighted by molar-refractivity contribution is -0.0400. The van der Waals surface area contributed by atoms with Crippen molar-refractivity contribution in [3.8, 4) is 0 Å². The van der Waals surface area contributed by atoms with Crippen LogP contribution in [0.25, 0.3) is 0 Å². The molecule has 1 amide bonds. The molecule has 236 valence electrons. The summed E-state index contributed by atoms with van der Waals surface area (Å²) in [4.78, 5) is 13.9. The van der Waals surface area contributed by atoms with Crippen molar-refractivity contribution in [1.29, 1.82) is 0 Å². The maximum Gasteiger partial charge on any atom is 0.410 e. The van der Waals surface area contributed by atoms with Gasteiger partial charge in [-0.15, -0.1) is 0 Å². The minimum atomic E-state index is -1.90. The molecule has 2 heterocycles. The van der Waals surface area contributed by atoms with Crippen LogP contribution < -0.4 is 5.32 Å². The van der Waals surface area contributed by atoms with Crippen LogP contribution in [-0.4, -0.2) is 74.1 Å². The van der Waals surface area contributed by atoms with Gasteiger partial charge in [0.1, 0.15) is 11.8 Å². The zero-order valence-corrected chi connectivity index (χ0v) is 29.1. The molecular formula is C32H60N4O4Si. The van der Waals surface area contributed by atoms with E-state index in [0.29, 0.717) is 19.0 Å². The summed E-state index contributed by atoms with van der Waals surface area (Å²) in [5, 5.41) is 8.94. The highest BCUT2D eigenvalue weighted by Crippen LogP contribution is 2.48. The molecule has 1 saturated heterocycles. The van der Waals surface area contributed by atoms with E-state index >= 15 is 0 Å². The number of carbonyl (C=O) groups excluding carboxylic acids is 1. The number of ether oxygens (including phenoxy) is 2. The summed E-state index contributed by atoms with van der Waals surface area (Å²) in [6, 6.07) is 0. The van der Waals surface area contributed by atoms with Crippen LogP contribution in [0.3, 0.4) is 0 Å². The Morgan fingerprint density at radius 2 is 1.88 bits per heavy atom. The summed E-state index contributed by atoms with van der Waals surface area (Å²) in [6.07, 6.45) is 9.73. The van der Waals surface area contributed by atoms with Gasteiger partial charge in [0.05, 0.1) is 11.8 Å². The van der Waals surface area contributed by atoms with E-state index < -0.39 is 13.9 Å². The van der Waals surface area contributed by atoms with Gasteiger partial charge in [-0.25, -0.2) is 9.48 Å². The topological polar surface area (TPSA) is 77.9 Å². The molecule has 0 spiro atoms. The van der Waals surface area contributed by atoms with Crippen molar-refractivity contribution in [2.24, 2.45) is 5.41 Å². The van der Waals surface area contributed by atoms with Crippen LogP contribution >= 0.6 is 0 Å². The van der Waals surface area contributed by atoms with Crippen LogP contribution in [0.15, 0.2) is 6.20 Å². The Hall–Kier alpha value is -1.42. The van der Waals surface area contributed by atoms with Crippen molar-refractivity contribution in [3.05, 3.63) is 17.5 Å². The molecule has 9 heteroatoms. The molecule has 1 aromatic heterocycles. The maximum absolute atomic E-state index is 12.3. The van der Waals surface area contributed by atoms with Crippen LogP contribution in [0.2, 0.25) is 18.1 Å². The van der Waals surface area contributed by atoms with Gasteiger partial charge in [-0.3, -0.25) is 0 Å². The molecule has 3 atom stereocenters. The largest absolute Gasteiger partial charge is 0.444 e. The normalized spacial score (nSPS) is 23.8. The Labute approximate surface area is 251 Å². The van der Waals surface area contributed by atoms with Gasteiger partial charge in [-0.05, 0) is 101 Å². The number of likely N-dealkylation sites (N-methyl/N-ethyl adjacent to an activating group) is 1. The average molecular weight is 593 g/mol. The fourth-order valence-electron chi connectivity index (χ4n) is 5.48. The van der Waals surface area contributed by atoms with Crippen molar-refractivity contribution in [3.63, 3.8) is 0 Å². The molecule has 3 rings (SSSR count). The van der Waals surface area contributed by atoms with E-state index in [9.17, 15) is 4.79 Å². The van der Waals surface area contributed by atoms with Crippen molar-refractivity contribution in [2.75, 3.05) is 33.3 Å². The molecule has 0 aromatic carbocycles. The third-order valence-corrected chi connectivity index (χ3v) is 13.8. The summed E-state index contributed by atoms with van der Waals surface area (Å²) in [5.74, 6) is 0.385. The van der Waals surface area contributed by atoms with Gasteiger partial charge < -0.3 is 24.1 Å². The minimum absolute atomic E-state index is 0.0333. The zero-order chi connectivity index (χ0) is 30.6. The molecule has 2 aliphatic rings. The Kier molecular flexibility index (Phi) is 11.2. The number of aromatic nitrogens is 2. The number of nitrogens with one attached hydrogen (secondary N) is 1. The van der Waals surface area contributed by atoms with E-state index in [2.05, 4.69) is 63.9 Å². The maximum atomic E-state index is 12.3. The number of amides is 1. The van der Waals surface area contributed by atoms with Crippen molar-refractivity contribution in [1.82, 2.24) is 20.0 Å². The molecule has 8 nitrogen and oxygen atoms in total. The smallest absolute Gasteiger partial charge is 0.410 e. The fourth-order valence-corrected chi connectivity index (χ4v) is 6.96. The second kappa shape index (κ2) is 13.5. The second-order valence-electron chi connectivity index (χ2n) is 15.6. The third-order valence-electron chi connectivity index (χ3n) is 9.33. The molecule has 2 fully saturated rings. The van der Waals surface area contributed by atoms with E-state index in [1.807, 2.05) is 20.8 Å². The van der Waals surface area contributed by atoms with Crippen molar-refractivity contribution in [2.45, 2.75) is 142 Å². The molecule has 0 radical (unpaired) electrons. The quantitative estimate of drug-likeness (QED) is 0.228. The van der Waals surface area contributed by atoms with E-state index in [4.69, 9.17) is 19.0 Å². The van der Waals surface area contributed by atoms with Gasteiger partial charge in [0.25, 0.3) is 0 Å². The highest BCUT2D eigenvalue weighted by molar-refractivity contribution is 6.74. The molecule has 1 saturated carbocycles. The number of carbonyl (C=O) groups is 1. The number of rotatable bonds is 10. The number of hydrogen-bond donors (Lipinski definition) is 1. The van der Waals surface area contributed by atoms with Gasteiger partial charge in [0, 0.05) is 38.9 Å². The summed E-state index contributed by atoms with van der Waals surface area (Å²) in [6.45, 7) is 25.1. The van der Waals surface area contributed by atoms with E-state index in [-0.39, 0.29) is 28.9 Å². The number of nitrogens with zero attached hydrogens (tertiary/aromatic N) is 3. The standard InChI is InChI=1S/C32H60N4O4Si/c1-30(2,3)39-29(37)35(9)20-19-33-18-16-25-23-36(27-14-12-13-21-38-27)34-28(25)24-15-17-32(7,8)26(22-24)40-41(10,11)31(4,5)6/h23-24,26-27,33H,12-22H2,1-11H3. The second-order valence-corrected chi connectivity index (χ2v) is 20.3. The lowest BCUT2D eigenvalue weighted by Crippen LogP contribution is -2.49. The van der Waals surface area contributed by atoms with Crippen molar-refractivity contribution >= 4 is 14.4 Å². The average Bonchev–Trinajstić information content (AvgIpc) is 3.28. The van der Waals surface area contributed by atoms with Gasteiger partial charge in [0.2, 0.25) is 0 Å². The Balaban J connectivity index is 1.70. The van der Waals surface area contributed by atoms with Gasteiger partial charge in [0.15, 0.2) is 8.32 Å². The Morgan fingerprint density at radius 1 is 1.17 bits per heavy atom. The van der Waals surface area contributed by atoms with Crippen LogP contribution in [0.4, 0.5) is 4.79 Å². The molecule has 41 heavy (non-hydrogen) atoms. The lowest BCUT2D eigenvalue weighted by Gasteiger charge is -2.48. The molecule has 1 N–H and O–H groups in total. The van der Waals surface area contributed by atoms with E-state index in [0.717, 1.165) is 51.7 Å². The zero-order valence-electron chi connectivity index (χ0n) is 28.1.